The highest BCUT2D eigenvalue weighted by molar-refractivity contribution is 7.98. The third kappa shape index (κ3) is 11.3. The number of esters is 1. The van der Waals surface area contributed by atoms with Gasteiger partial charge in [-0.15, -0.1) is 11.8 Å². The Hall–Kier alpha value is -3.54. The summed E-state index contributed by atoms with van der Waals surface area (Å²) in [7, 11) is 1.50. The molecule has 0 unspecified atom stereocenters. The number of amides is 2. The molecule has 5 atom stereocenters. The fourth-order valence-electron chi connectivity index (χ4n) is 5.99. The summed E-state index contributed by atoms with van der Waals surface area (Å²) in [6.07, 6.45) is 18.0. The monoisotopic (exact) mass is 684 g/mol. The summed E-state index contributed by atoms with van der Waals surface area (Å²) in [5.41, 5.74) is 1.23. The van der Waals surface area contributed by atoms with Gasteiger partial charge in [0.2, 0.25) is 11.8 Å². The number of methoxy groups -OCH3 is 1. The molecule has 1 aliphatic carbocycles. The van der Waals surface area contributed by atoms with E-state index in [0.717, 1.165) is 32.1 Å². The largest absolute Gasteiger partial charge is 0.507 e. The minimum absolute atomic E-state index is 0.0147. The van der Waals surface area contributed by atoms with Gasteiger partial charge < -0.3 is 35.4 Å². The number of hydrogen-bond acceptors (Lipinski definition) is 9. The van der Waals surface area contributed by atoms with Crippen LogP contribution in [0.3, 0.4) is 0 Å². The molecule has 264 valence electrons. The molecule has 48 heavy (non-hydrogen) atoms. The number of fused-ring (bicyclic) bond motifs is 2. The van der Waals surface area contributed by atoms with Gasteiger partial charge in [0.1, 0.15) is 29.3 Å². The fraction of sp³-hybridized carbons (Fsp3) is 0.541. The molecule has 1 aromatic carbocycles. The van der Waals surface area contributed by atoms with Crippen LogP contribution in [0.25, 0.3) is 0 Å². The first-order chi connectivity index (χ1) is 23.0. The Bertz CT molecular complexity index is 1380. The quantitative estimate of drug-likeness (QED) is 0.0785. The Balaban J connectivity index is 1.86. The number of carbonyl (C=O) groups is 3. The molecule has 0 saturated heterocycles. The third-order valence-electron chi connectivity index (χ3n) is 9.02. The Labute approximate surface area is 288 Å². The van der Waals surface area contributed by atoms with E-state index in [2.05, 4.69) is 10.6 Å². The highest BCUT2D eigenvalue weighted by Crippen LogP contribution is 2.43. The summed E-state index contributed by atoms with van der Waals surface area (Å²) in [6.45, 7) is 5.23. The molecule has 2 amide bonds. The van der Waals surface area contributed by atoms with Crippen LogP contribution in [0, 0.1) is 11.8 Å². The molecular formula is C37H52N2O8S. The molecule has 2 aliphatic rings. The van der Waals surface area contributed by atoms with Crippen LogP contribution < -0.4 is 10.6 Å². The zero-order valence-corrected chi connectivity index (χ0v) is 29.6. The van der Waals surface area contributed by atoms with E-state index in [1.165, 1.54) is 24.9 Å². The topological polar surface area (TPSA) is 154 Å². The zero-order valence-electron chi connectivity index (χ0n) is 28.7. The van der Waals surface area contributed by atoms with Gasteiger partial charge >= 0.3 is 5.97 Å². The predicted octanol–water partition coefficient (Wildman–Crippen LogP) is 6.11. The van der Waals surface area contributed by atoms with Crippen LogP contribution in [0.5, 0.6) is 11.5 Å². The second kappa shape index (κ2) is 19.5. The Morgan fingerprint density at radius 1 is 1.10 bits per heavy atom. The fourth-order valence-corrected chi connectivity index (χ4v) is 6.61. The summed E-state index contributed by atoms with van der Waals surface area (Å²) in [5.74, 6) is -1.84. The van der Waals surface area contributed by atoms with Crippen molar-refractivity contribution in [3.63, 3.8) is 0 Å². The lowest BCUT2D eigenvalue weighted by atomic mass is 9.88. The molecule has 0 radical (unpaired) electrons. The van der Waals surface area contributed by atoms with E-state index in [1.54, 1.807) is 44.4 Å². The van der Waals surface area contributed by atoms with Crippen molar-refractivity contribution in [2.24, 2.45) is 11.8 Å². The number of aliphatic hydroxyl groups is 1. The number of aromatic hydroxyl groups is 2. The number of rotatable bonds is 6. The third-order valence-corrected chi connectivity index (χ3v) is 9.84. The van der Waals surface area contributed by atoms with Crippen molar-refractivity contribution < 1.29 is 39.2 Å². The molecule has 1 aromatic rings. The first-order valence-corrected chi connectivity index (χ1v) is 18.0. The van der Waals surface area contributed by atoms with Gasteiger partial charge in [-0.2, -0.15) is 0 Å². The molecule has 11 heteroatoms. The summed E-state index contributed by atoms with van der Waals surface area (Å²) in [6, 6.07) is 0.651. The van der Waals surface area contributed by atoms with Crippen molar-refractivity contribution in [3.8, 4) is 11.5 Å². The van der Waals surface area contributed by atoms with E-state index in [-0.39, 0.29) is 41.3 Å². The summed E-state index contributed by atoms with van der Waals surface area (Å²) in [5, 5.41) is 38.7. The minimum Gasteiger partial charge on any atom is -0.507 e. The number of thioether (sulfide) groups is 1. The average molecular weight is 685 g/mol. The van der Waals surface area contributed by atoms with Gasteiger partial charge in [0.15, 0.2) is 0 Å². The van der Waals surface area contributed by atoms with Crippen LogP contribution in [-0.2, 0) is 30.3 Å². The average Bonchev–Trinajstić information content (AvgIpc) is 3.07. The number of nitrogens with one attached hydrogen (secondary N) is 2. The van der Waals surface area contributed by atoms with Gasteiger partial charge in [0, 0.05) is 30.9 Å². The van der Waals surface area contributed by atoms with Gasteiger partial charge in [-0.05, 0) is 57.4 Å². The van der Waals surface area contributed by atoms with Crippen molar-refractivity contribution in [2.75, 3.05) is 18.7 Å². The second-order valence-corrected chi connectivity index (χ2v) is 13.4. The standard InChI is InChI=1S/C37H52N2O8S/c1-23-15-14-18-27-21-29(40)35(48-5)32(34(27)43)39-31(41)22-28(46-4)19-12-7-6-8-13-20-30(24(2)33(23)42)47-37(45)25(3)38-36(44)26-16-10-9-11-17-26/h6-8,12-13,15,19,21,24-26,28,30,33,40,42-43H,9-11,14,16-18,20,22H2,1-5H3,(H,38,44)(H,39,41)/b7-6+,13-8+,19-12?,23-15-/t24-,25+,28-,30-,33-/m0/s1. The number of carbonyl (C=O) groups excluding carboxylic acids is 3. The Morgan fingerprint density at radius 3 is 2.50 bits per heavy atom. The van der Waals surface area contributed by atoms with Crippen molar-refractivity contribution >= 4 is 35.2 Å². The van der Waals surface area contributed by atoms with Crippen molar-refractivity contribution in [1.29, 1.82) is 0 Å². The SMILES string of the molecule is CO[C@H]1C=C/C=C/C=C/C[C@H](OC(=O)[C@@H](C)NC(=O)C2CCCCC2)[C@H](C)[C@@H](O)/C(C)=C\CCc2cc(O)c(SC)c(c2O)NC(=O)C1. The molecule has 0 aromatic heterocycles. The maximum absolute atomic E-state index is 13.2. The lowest BCUT2D eigenvalue weighted by Gasteiger charge is -2.29. The minimum atomic E-state index is -0.947. The highest BCUT2D eigenvalue weighted by Gasteiger charge is 2.31. The molecule has 1 fully saturated rings. The zero-order chi connectivity index (χ0) is 35.2. The van der Waals surface area contributed by atoms with Crippen molar-refractivity contribution in [3.05, 3.63) is 59.7 Å². The number of aryl methyl sites for hydroxylation is 1. The van der Waals surface area contributed by atoms with Gasteiger partial charge in [0.05, 0.1) is 23.5 Å². The lowest BCUT2D eigenvalue weighted by Crippen LogP contribution is -2.45. The van der Waals surface area contributed by atoms with Crippen LogP contribution in [-0.4, -0.2) is 70.8 Å². The van der Waals surface area contributed by atoms with Gasteiger partial charge in [0.25, 0.3) is 0 Å². The van der Waals surface area contributed by atoms with Gasteiger partial charge in [-0.25, -0.2) is 4.79 Å². The van der Waals surface area contributed by atoms with Crippen LogP contribution in [0.1, 0.15) is 77.7 Å². The molecule has 10 nitrogen and oxygen atoms in total. The maximum Gasteiger partial charge on any atom is 0.328 e. The van der Waals surface area contributed by atoms with E-state index in [1.807, 2.05) is 25.2 Å². The number of ether oxygens (including phenoxy) is 2. The first-order valence-electron chi connectivity index (χ1n) is 16.8. The number of phenolic OH excluding ortho intramolecular Hbond substituents is 2. The second-order valence-electron chi connectivity index (χ2n) is 12.6. The highest BCUT2D eigenvalue weighted by atomic mass is 32.2. The molecule has 2 bridgehead atoms. The number of benzene rings is 1. The van der Waals surface area contributed by atoms with E-state index < -0.39 is 36.2 Å². The summed E-state index contributed by atoms with van der Waals surface area (Å²) < 4.78 is 11.4. The predicted molar refractivity (Wildman–Crippen MR) is 189 cm³/mol. The molecule has 3 rings (SSSR count). The number of hydrogen-bond donors (Lipinski definition) is 5. The molecule has 5 N–H and O–H groups in total. The maximum atomic E-state index is 13.2. The number of aliphatic hydroxyl groups excluding tert-OH is 1. The number of anilines is 1. The van der Waals surface area contributed by atoms with Gasteiger partial charge in [-0.3, -0.25) is 9.59 Å². The molecular weight excluding hydrogens is 632 g/mol. The summed E-state index contributed by atoms with van der Waals surface area (Å²) in [4.78, 5) is 39.2. The lowest BCUT2D eigenvalue weighted by molar-refractivity contribution is -0.156. The smallest absolute Gasteiger partial charge is 0.328 e. The molecule has 1 aliphatic heterocycles. The van der Waals surface area contributed by atoms with Crippen LogP contribution >= 0.6 is 11.8 Å². The number of phenols is 2. The van der Waals surface area contributed by atoms with Crippen LogP contribution in [0.2, 0.25) is 0 Å². The first kappa shape index (κ1) is 38.9. The Morgan fingerprint density at radius 2 is 1.81 bits per heavy atom. The molecule has 1 saturated carbocycles. The van der Waals surface area contributed by atoms with E-state index >= 15 is 0 Å². The van der Waals surface area contributed by atoms with Gasteiger partial charge in [-0.1, -0.05) is 68.7 Å². The Kier molecular flexibility index (Phi) is 15.8. The van der Waals surface area contributed by atoms with E-state index in [9.17, 15) is 29.7 Å². The normalized spacial score (nSPS) is 26.5. The molecule has 0 spiro atoms. The van der Waals surface area contributed by atoms with Crippen molar-refractivity contribution in [2.45, 2.75) is 108 Å². The van der Waals surface area contributed by atoms with E-state index in [0.29, 0.717) is 35.3 Å². The summed E-state index contributed by atoms with van der Waals surface area (Å²) >= 11 is 1.20. The van der Waals surface area contributed by atoms with Crippen LogP contribution in [0.4, 0.5) is 5.69 Å². The van der Waals surface area contributed by atoms with Crippen LogP contribution in [0.15, 0.2) is 59.1 Å². The molecule has 1 heterocycles. The van der Waals surface area contributed by atoms with Crippen molar-refractivity contribution in [1.82, 2.24) is 5.32 Å². The van der Waals surface area contributed by atoms with E-state index in [4.69, 9.17) is 9.47 Å². The number of allylic oxidation sites excluding steroid dienone is 5.